The number of para-hydroxylation sites is 1. The van der Waals surface area contributed by atoms with E-state index in [1.807, 2.05) is 24.3 Å². The van der Waals surface area contributed by atoms with Gasteiger partial charge in [0.15, 0.2) is 0 Å². The molecule has 1 aromatic carbocycles. The van der Waals surface area contributed by atoms with E-state index in [1.54, 1.807) is 0 Å². The van der Waals surface area contributed by atoms with Crippen molar-refractivity contribution in [2.45, 2.75) is 38.9 Å². The van der Waals surface area contributed by atoms with Gasteiger partial charge in [-0.25, -0.2) is 0 Å². The monoisotopic (exact) mass is 471 g/mol. The first-order chi connectivity index (χ1) is 12.5. The van der Waals surface area contributed by atoms with Crippen LogP contribution in [0.4, 0.5) is 5.69 Å². The molecule has 1 amide bonds. The fourth-order valence-corrected chi connectivity index (χ4v) is 4.60. The Bertz CT molecular complexity index is 594. The topological polar surface area (TPSA) is 44.8 Å². The van der Waals surface area contributed by atoms with E-state index in [2.05, 4.69) is 51.6 Å². The minimum atomic E-state index is 0.0865. The molecule has 1 N–H and O–H groups in total. The number of carbonyl (C=O) groups is 1. The highest BCUT2D eigenvalue weighted by atomic mass is 127. The van der Waals surface area contributed by atoms with Crippen LogP contribution in [0, 0.1) is 9.49 Å². The van der Waals surface area contributed by atoms with E-state index in [4.69, 9.17) is 4.74 Å². The van der Waals surface area contributed by atoms with Gasteiger partial charge in [-0.15, -0.1) is 0 Å². The smallest absolute Gasteiger partial charge is 0.238 e. The normalized spacial score (nSPS) is 26.0. The Morgan fingerprint density at radius 2 is 1.81 bits per heavy atom. The van der Waals surface area contributed by atoms with E-state index >= 15 is 0 Å². The summed E-state index contributed by atoms with van der Waals surface area (Å²) in [5.74, 6) is 0.824. The number of nitrogens with zero attached hydrogens (tertiary/aromatic N) is 2. The predicted octanol–water partition coefficient (Wildman–Crippen LogP) is 3.05. The highest BCUT2D eigenvalue weighted by molar-refractivity contribution is 14.1. The molecule has 2 saturated heterocycles. The zero-order valence-electron chi connectivity index (χ0n) is 15.8. The quantitative estimate of drug-likeness (QED) is 0.671. The molecule has 0 aliphatic carbocycles. The van der Waals surface area contributed by atoms with Crippen LogP contribution in [0.3, 0.4) is 0 Å². The number of piperidine rings is 1. The maximum atomic E-state index is 12.3. The molecule has 6 heteroatoms. The molecule has 2 heterocycles. The van der Waals surface area contributed by atoms with E-state index in [0.29, 0.717) is 18.8 Å². The second-order valence-electron chi connectivity index (χ2n) is 7.72. The molecule has 26 heavy (non-hydrogen) atoms. The first kappa shape index (κ1) is 20.0. The third-order valence-corrected chi connectivity index (χ3v) is 6.17. The van der Waals surface area contributed by atoms with Crippen LogP contribution in [0.5, 0.6) is 0 Å². The second-order valence-corrected chi connectivity index (χ2v) is 8.89. The van der Waals surface area contributed by atoms with Gasteiger partial charge < -0.3 is 10.1 Å². The van der Waals surface area contributed by atoms with Crippen molar-refractivity contribution in [2.75, 3.05) is 44.6 Å². The van der Waals surface area contributed by atoms with Crippen LogP contribution in [0.2, 0.25) is 0 Å². The standard InChI is InChI=1S/C20H30IN3O2/c1-15-11-24(12-16(2)26-15)13-17-7-9-23(10-8-17)14-20(25)22-19-6-4-3-5-18(19)21/h3-6,15-17H,7-14H2,1-2H3,(H,22,25). The van der Waals surface area contributed by atoms with Gasteiger partial charge >= 0.3 is 0 Å². The summed E-state index contributed by atoms with van der Waals surface area (Å²) in [5.41, 5.74) is 0.906. The van der Waals surface area contributed by atoms with E-state index in [9.17, 15) is 4.79 Å². The van der Waals surface area contributed by atoms with Crippen LogP contribution in [0.1, 0.15) is 26.7 Å². The number of morpholine rings is 1. The molecule has 2 aliphatic rings. The van der Waals surface area contributed by atoms with Gasteiger partial charge in [0.05, 0.1) is 24.4 Å². The third kappa shape index (κ3) is 5.90. The summed E-state index contributed by atoms with van der Waals surface area (Å²) in [6.07, 6.45) is 3.03. The highest BCUT2D eigenvalue weighted by Crippen LogP contribution is 2.21. The van der Waals surface area contributed by atoms with Crippen LogP contribution in [-0.2, 0) is 9.53 Å². The molecule has 5 nitrogen and oxygen atoms in total. The summed E-state index contributed by atoms with van der Waals surface area (Å²) >= 11 is 2.25. The van der Waals surface area contributed by atoms with Crippen LogP contribution in [0.25, 0.3) is 0 Å². The van der Waals surface area contributed by atoms with Crippen molar-refractivity contribution in [3.8, 4) is 0 Å². The molecular formula is C20H30IN3O2. The lowest BCUT2D eigenvalue weighted by atomic mass is 9.95. The van der Waals surface area contributed by atoms with Crippen molar-refractivity contribution in [1.29, 1.82) is 0 Å². The Morgan fingerprint density at radius 1 is 1.15 bits per heavy atom. The first-order valence-corrected chi connectivity index (χ1v) is 10.7. The molecule has 3 rings (SSSR count). The zero-order chi connectivity index (χ0) is 18.5. The Hall–Kier alpha value is -0.700. The van der Waals surface area contributed by atoms with Crippen LogP contribution < -0.4 is 5.32 Å². The van der Waals surface area contributed by atoms with Crippen LogP contribution >= 0.6 is 22.6 Å². The van der Waals surface area contributed by atoms with E-state index in [0.717, 1.165) is 41.4 Å². The lowest BCUT2D eigenvalue weighted by Gasteiger charge is -2.39. The number of hydrogen-bond donors (Lipinski definition) is 1. The minimum Gasteiger partial charge on any atom is -0.373 e. The fourth-order valence-electron chi connectivity index (χ4n) is 4.08. The number of carbonyl (C=O) groups excluding carboxylic acids is 1. The molecular weight excluding hydrogens is 441 g/mol. The van der Waals surface area contributed by atoms with Gasteiger partial charge in [-0.05, 0) is 80.4 Å². The van der Waals surface area contributed by atoms with Crippen molar-refractivity contribution in [3.05, 3.63) is 27.8 Å². The Labute approximate surface area is 170 Å². The van der Waals surface area contributed by atoms with Gasteiger partial charge in [0, 0.05) is 23.2 Å². The highest BCUT2D eigenvalue weighted by Gasteiger charge is 2.27. The minimum absolute atomic E-state index is 0.0865. The Kier molecular flexibility index (Phi) is 7.31. The number of rotatable bonds is 5. The number of benzene rings is 1. The number of anilines is 1. The molecule has 0 aromatic heterocycles. The summed E-state index contributed by atoms with van der Waals surface area (Å²) in [6, 6.07) is 7.90. The zero-order valence-corrected chi connectivity index (χ0v) is 17.9. The Balaban J connectivity index is 1.39. The summed E-state index contributed by atoms with van der Waals surface area (Å²) in [6.45, 7) is 10.1. The average Bonchev–Trinajstić information content (AvgIpc) is 2.58. The van der Waals surface area contributed by atoms with Gasteiger partial charge in [0.2, 0.25) is 5.91 Å². The van der Waals surface area contributed by atoms with E-state index in [1.165, 1.54) is 19.4 Å². The molecule has 1 aromatic rings. The van der Waals surface area contributed by atoms with E-state index < -0.39 is 0 Å². The maximum absolute atomic E-state index is 12.3. The molecule has 0 radical (unpaired) electrons. The SMILES string of the molecule is CC1CN(CC2CCN(CC(=O)Nc3ccccc3I)CC2)CC(C)O1. The number of likely N-dealkylation sites (tertiary alicyclic amines) is 1. The van der Waals surface area contributed by atoms with Gasteiger partial charge in [-0.2, -0.15) is 0 Å². The maximum Gasteiger partial charge on any atom is 0.238 e. The molecule has 2 atom stereocenters. The number of hydrogen-bond acceptors (Lipinski definition) is 4. The first-order valence-electron chi connectivity index (χ1n) is 9.64. The molecule has 2 unspecified atom stereocenters. The summed E-state index contributed by atoms with van der Waals surface area (Å²) in [5, 5.41) is 3.03. The molecule has 0 saturated carbocycles. The van der Waals surface area contributed by atoms with Crippen LogP contribution in [-0.4, -0.2) is 67.2 Å². The largest absolute Gasteiger partial charge is 0.373 e. The predicted molar refractivity (Wildman–Crippen MR) is 113 cm³/mol. The molecule has 2 fully saturated rings. The average molecular weight is 471 g/mol. The molecule has 0 bridgehead atoms. The van der Waals surface area contributed by atoms with Gasteiger partial charge in [-0.3, -0.25) is 14.6 Å². The van der Waals surface area contributed by atoms with Crippen molar-refractivity contribution in [3.63, 3.8) is 0 Å². The number of ether oxygens (including phenoxy) is 1. The van der Waals surface area contributed by atoms with Crippen molar-refractivity contribution >= 4 is 34.2 Å². The van der Waals surface area contributed by atoms with E-state index in [-0.39, 0.29) is 5.91 Å². The number of amides is 1. The van der Waals surface area contributed by atoms with Crippen LogP contribution in [0.15, 0.2) is 24.3 Å². The second kappa shape index (κ2) is 9.48. The lowest BCUT2D eigenvalue weighted by molar-refractivity contribution is -0.117. The summed E-state index contributed by atoms with van der Waals surface area (Å²) < 4.78 is 6.90. The molecule has 144 valence electrons. The van der Waals surface area contributed by atoms with Gasteiger partial charge in [-0.1, -0.05) is 12.1 Å². The molecule has 2 aliphatic heterocycles. The van der Waals surface area contributed by atoms with Gasteiger partial charge in [0.1, 0.15) is 0 Å². The van der Waals surface area contributed by atoms with Crippen molar-refractivity contribution in [2.24, 2.45) is 5.92 Å². The fraction of sp³-hybridized carbons (Fsp3) is 0.650. The van der Waals surface area contributed by atoms with Crippen molar-refractivity contribution in [1.82, 2.24) is 9.80 Å². The summed E-state index contributed by atoms with van der Waals surface area (Å²) in [7, 11) is 0. The van der Waals surface area contributed by atoms with Crippen molar-refractivity contribution < 1.29 is 9.53 Å². The molecule has 0 spiro atoms. The number of nitrogens with one attached hydrogen (secondary N) is 1. The number of halogens is 1. The third-order valence-electron chi connectivity index (χ3n) is 5.23. The summed E-state index contributed by atoms with van der Waals surface area (Å²) in [4.78, 5) is 17.2. The lowest BCUT2D eigenvalue weighted by Crippen LogP contribution is -2.48. The van der Waals surface area contributed by atoms with Gasteiger partial charge in [0.25, 0.3) is 0 Å². The Morgan fingerprint density at radius 3 is 2.46 bits per heavy atom.